The standard InChI is InChI=1S/C10H13NO2S/c12-10(9-4-1-5-13-9)11-8-3-2-6-14-7-8/h1,4-5,8H,2-3,6-7H2,(H,11,12). The van der Waals surface area contributed by atoms with E-state index < -0.39 is 0 Å². The van der Waals surface area contributed by atoms with Gasteiger partial charge in [0, 0.05) is 11.8 Å². The van der Waals surface area contributed by atoms with Crippen LogP contribution in [0.15, 0.2) is 22.8 Å². The van der Waals surface area contributed by atoms with Gasteiger partial charge in [-0.1, -0.05) is 0 Å². The summed E-state index contributed by atoms with van der Waals surface area (Å²) in [5.74, 6) is 2.54. The van der Waals surface area contributed by atoms with Crippen molar-refractivity contribution in [1.29, 1.82) is 0 Å². The maximum absolute atomic E-state index is 11.6. The molecule has 1 fully saturated rings. The molecule has 1 aromatic rings. The molecule has 2 rings (SSSR count). The highest BCUT2D eigenvalue weighted by Gasteiger charge is 2.17. The van der Waals surface area contributed by atoms with Crippen LogP contribution in [-0.4, -0.2) is 23.5 Å². The first-order chi connectivity index (χ1) is 6.86. The second-order valence-corrected chi connectivity index (χ2v) is 4.51. The lowest BCUT2D eigenvalue weighted by atomic mass is 10.2. The van der Waals surface area contributed by atoms with E-state index in [2.05, 4.69) is 5.32 Å². The van der Waals surface area contributed by atoms with Crippen LogP contribution in [0.1, 0.15) is 23.4 Å². The Balaban J connectivity index is 1.87. The van der Waals surface area contributed by atoms with Crippen molar-refractivity contribution in [1.82, 2.24) is 5.32 Å². The van der Waals surface area contributed by atoms with Gasteiger partial charge >= 0.3 is 0 Å². The number of carbonyl (C=O) groups is 1. The molecule has 3 nitrogen and oxygen atoms in total. The zero-order valence-corrected chi connectivity index (χ0v) is 8.68. The summed E-state index contributed by atoms with van der Waals surface area (Å²) in [7, 11) is 0. The van der Waals surface area contributed by atoms with Crippen LogP contribution < -0.4 is 5.32 Å². The molecule has 1 saturated heterocycles. The molecule has 0 saturated carbocycles. The number of carbonyl (C=O) groups excluding carboxylic acids is 1. The fourth-order valence-corrected chi connectivity index (χ4v) is 2.59. The summed E-state index contributed by atoms with van der Waals surface area (Å²) < 4.78 is 5.02. The molecule has 0 aromatic carbocycles. The van der Waals surface area contributed by atoms with Crippen molar-refractivity contribution in [2.75, 3.05) is 11.5 Å². The van der Waals surface area contributed by atoms with Crippen molar-refractivity contribution in [2.45, 2.75) is 18.9 Å². The molecule has 1 aliphatic heterocycles. The van der Waals surface area contributed by atoms with Gasteiger partial charge in [0.25, 0.3) is 5.91 Å². The minimum absolute atomic E-state index is 0.0949. The lowest BCUT2D eigenvalue weighted by Gasteiger charge is -2.21. The first-order valence-corrected chi connectivity index (χ1v) is 5.94. The summed E-state index contributed by atoms with van der Waals surface area (Å²) in [6, 6.07) is 3.72. The predicted molar refractivity (Wildman–Crippen MR) is 56.5 cm³/mol. The average Bonchev–Trinajstić information content (AvgIpc) is 2.72. The van der Waals surface area contributed by atoms with Gasteiger partial charge in [-0.05, 0) is 30.7 Å². The maximum atomic E-state index is 11.6. The van der Waals surface area contributed by atoms with E-state index in [1.165, 1.54) is 18.4 Å². The Morgan fingerprint density at radius 2 is 2.57 bits per heavy atom. The lowest BCUT2D eigenvalue weighted by molar-refractivity contribution is 0.0910. The van der Waals surface area contributed by atoms with E-state index in [1.807, 2.05) is 11.8 Å². The van der Waals surface area contributed by atoms with Crippen LogP contribution in [0.3, 0.4) is 0 Å². The van der Waals surface area contributed by atoms with E-state index in [4.69, 9.17) is 4.42 Å². The zero-order chi connectivity index (χ0) is 9.80. The highest BCUT2D eigenvalue weighted by atomic mass is 32.2. The molecule has 1 N–H and O–H groups in total. The Hall–Kier alpha value is -0.900. The van der Waals surface area contributed by atoms with Gasteiger partial charge in [0.2, 0.25) is 0 Å². The third-order valence-corrected chi connectivity index (χ3v) is 3.46. The molecule has 76 valence electrons. The fraction of sp³-hybridized carbons (Fsp3) is 0.500. The largest absolute Gasteiger partial charge is 0.459 e. The molecule has 0 spiro atoms. The Morgan fingerprint density at radius 3 is 3.21 bits per heavy atom. The molecule has 1 aliphatic rings. The molecular formula is C10H13NO2S. The van der Waals surface area contributed by atoms with Crippen LogP contribution in [0, 0.1) is 0 Å². The highest BCUT2D eigenvalue weighted by Crippen LogP contribution is 2.17. The van der Waals surface area contributed by atoms with Gasteiger partial charge in [-0.2, -0.15) is 11.8 Å². The van der Waals surface area contributed by atoms with E-state index in [1.54, 1.807) is 12.1 Å². The first kappa shape index (κ1) is 9.65. The molecule has 0 radical (unpaired) electrons. The van der Waals surface area contributed by atoms with Crippen LogP contribution in [0.25, 0.3) is 0 Å². The summed E-state index contributed by atoms with van der Waals surface area (Å²) >= 11 is 1.90. The van der Waals surface area contributed by atoms with Crippen molar-refractivity contribution < 1.29 is 9.21 Å². The molecule has 1 atom stereocenters. The number of nitrogens with one attached hydrogen (secondary N) is 1. The molecule has 0 bridgehead atoms. The third kappa shape index (κ3) is 2.32. The van der Waals surface area contributed by atoms with Crippen molar-refractivity contribution in [3.8, 4) is 0 Å². The van der Waals surface area contributed by atoms with Crippen LogP contribution in [-0.2, 0) is 0 Å². The number of hydrogen-bond donors (Lipinski definition) is 1. The minimum Gasteiger partial charge on any atom is -0.459 e. The number of rotatable bonds is 2. The van der Waals surface area contributed by atoms with Crippen molar-refractivity contribution in [3.05, 3.63) is 24.2 Å². The van der Waals surface area contributed by atoms with Crippen LogP contribution in [0.4, 0.5) is 0 Å². The molecular weight excluding hydrogens is 198 g/mol. The molecule has 14 heavy (non-hydrogen) atoms. The second kappa shape index (κ2) is 4.55. The normalized spacial score (nSPS) is 21.9. The Labute approximate surface area is 87.2 Å². The summed E-state index contributed by atoms with van der Waals surface area (Å²) in [5.41, 5.74) is 0. The molecule has 1 amide bonds. The molecule has 1 unspecified atom stereocenters. The first-order valence-electron chi connectivity index (χ1n) is 4.78. The Bertz CT molecular complexity index is 291. The smallest absolute Gasteiger partial charge is 0.287 e. The van der Waals surface area contributed by atoms with Gasteiger partial charge in [0.15, 0.2) is 5.76 Å². The van der Waals surface area contributed by atoms with E-state index >= 15 is 0 Å². The summed E-state index contributed by atoms with van der Waals surface area (Å²) in [4.78, 5) is 11.6. The molecule has 0 aliphatic carbocycles. The van der Waals surface area contributed by atoms with Gasteiger partial charge in [0.05, 0.1) is 6.26 Å². The second-order valence-electron chi connectivity index (χ2n) is 3.36. The minimum atomic E-state index is -0.0949. The van der Waals surface area contributed by atoms with E-state index in [9.17, 15) is 4.79 Å². The van der Waals surface area contributed by atoms with Gasteiger partial charge < -0.3 is 9.73 Å². The highest BCUT2D eigenvalue weighted by molar-refractivity contribution is 7.99. The van der Waals surface area contributed by atoms with E-state index in [-0.39, 0.29) is 5.91 Å². The SMILES string of the molecule is O=C(NC1CCCSC1)c1ccco1. The number of furan rings is 1. The topological polar surface area (TPSA) is 42.2 Å². The Morgan fingerprint density at radius 1 is 1.64 bits per heavy atom. The van der Waals surface area contributed by atoms with Crippen molar-refractivity contribution in [3.63, 3.8) is 0 Å². The predicted octanol–water partition coefficient (Wildman–Crippen LogP) is 1.91. The third-order valence-electron chi connectivity index (χ3n) is 2.24. The number of hydrogen-bond acceptors (Lipinski definition) is 3. The lowest BCUT2D eigenvalue weighted by Crippen LogP contribution is -2.38. The quantitative estimate of drug-likeness (QED) is 0.812. The van der Waals surface area contributed by atoms with Crippen molar-refractivity contribution in [2.24, 2.45) is 0 Å². The fourth-order valence-electron chi connectivity index (χ4n) is 1.52. The van der Waals surface area contributed by atoms with Crippen molar-refractivity contribution >= 4 is 17.7 Å². The summed E-state index contributed by atoms with van der Waals surface area (Å²) in [6.45, 7) is 0. The molecule has 1 aromatic heterocycles. The van der Waals surface area contributed by atoms with Crippen LogP contribution in [0.5, 0.6) is 0 Å². The van der Waals surface area contributed by atoms with Gasteiger partial charge in [0.1, 0.15) is 0 Å². The monoisotopic (exact) mass is 211 g/mol. The molecule has 4 heteroatoms. The number of amides is 1. The zero-order valence-electron chi connectivity index (χ0n) is 7.86. The molecule has 2 heterocycles. The van der Waals surface area contributed by atoms with Crippen LogP contribution in [0.2, 0.25) is 0 Å². The maximum Gasteiger partial charge on any atom is 0.287 e. The van der Waals surface area contributed by atoms with Gasteiger partial charge in [-0.25, -0.2) is 0 Å². The van der Waals surface area contributed by atoms with Gasteiger partial charge in [-0.15, -0.1) is 0 Å². The average molecular weight is 211 g/mol. The van der Waals surface area contributed by atoms with Gasteiger partial charge in [-0.3, -0.25) is 4.79 Å². The summed E-state index contributed by atoms with van der Waals surface area (Å²) in [5, 5.41) is 2.97. The van der Waals surface area contributed by atoms with E-state index in [0.29, 0.717) is 11.8 Å². The Kier molecular flexibility index (Phi) is 3.14. The summed E-state index contributed by atoms with van der Waals surface area (Å²) in [6.07, 6.45) is 3.79. The number of thioether (sulfide) groups is 1. The van der Waals surface area contributed by atoms with Crippen LogP contribution >= 0.6 is 11.8 Å². The van der Waals surface area contributed by atoms with E-state index in [0.717, 1.165) is 12.2 Å².